The third kappa shape index (κ3) is 2.90. The lowest BCUT2D eigenvalue weighted by Gasteiger charge is -2.16. The molecule has 0 saturated heterocycles. The van der Waals surface area contributed by atoms with Crippen LogP contribution in [0.25, 0.3) is 0 Å². The summed E-state index contributed by atoms with van der Waals surface area (Å²) in [5.41, 5.74) is 1.21. The molecule has 0 aliphatic carbocycles. The first-order valence-electron chi connectivity index (χ1n) is 5.90. The molecule has 6 nitrogen and oxygen atoms in total. The van der Waals surface area contributed by atoms with E-state index in [9.17, 15) is 9.90 Å². The Morgan fingerprint density at radius 3 is 2.79 bits per heavy atom. The third-order valence-electron chi connectivity index (χ3n) is 2.75. The van der Waals surface area contributed by atoms with Gasteiger partial charge in [-0.25, -0.2) is 4.98 Å². The minimum Gasteiger partial charge on any atom is -0.507 e. The molecular weight excluding hydrogens is 244 g/mol. The predicted molar refractivity (Wildman–Crippen MR) is 69.8 cm³/mol. The number of aryl methyl sites for hydroxylation is 2. The van der Waals surface area contributed by atoms with Gasteiger partial charge < -0.3 is 10.0 Å². The molecule has 0 aliphatic rings. The quantitative estimate of drug-likeness (QED) is 0.874. The molecule has 1 amide bonds. The van der Waals surface area contributed by atoms with E-state index < -0.39 is 0 Å². The maximum Gasteiger partial charge on any atom is 0.257 e. The number of aromatic amines is 1. The van der Waals surface area contributed by atoms with Crippen LogP contribution < -0.4 is 0 Å². The van der Waals surface area contributed by atoms with Crippen molar-refractivity contribution >= 4 is 5.91 Å². The number of phenolic OH excluding ortho intramolecular Hbond substituents is 1. The van der Waals surface area contributed by atoms with Crippen molar-refractivity contribution in [1.29, 1.82) is 0 Å². The van der Waals surface area contributed by atoms with Crippen LogP contribution >= 0.6 is 0 Å². The molecule has 0 atom stereocenters. The van der Waals surface area contributed by atoms with Crippen LogP contribution in [-0.4, -0.2) is 38.1 Å². The van der Waals surface area contributed by atoms with Gasteiger partial charge in [0.05, 0.1) is 12.1 Å². The largest absolute Gasteiger partial charge is 0.507 e. The first kappa shape index (κ1) is 13.1. The molecule has 2 N–H and O–H groups in total. The highest BCUT2D eigenvalue weighted by molar-refractivity contribution is 5.96. The predicted octanol–water partition coefficient (Wildman–Crippen LogP) is 1.40. The van der Waals surface area contributed by atoms with Crippen LogP contribution in [-0.2, 0) is 6.54 Å². The Kier molecular flexibility index (Phi) is 3.50. The number of benzene rings is 1. The topological polar surface area (TPSA) is 82.1 Å². The van der Waals surface area contributed by atoms with Crippen molar-refractivity contribution in [2.75, 3.05) is 7.05 Å². The number of hydrogen-bond acceptors (Lipinski definition) is 4. The summed E-state index contributed by atoms with van der Waals surface area (Å²) in [7, 11) is 1.65. The van der Waals surface area contributed by atoms with Crippen molar-refractivity contribution < 1.29 is 9.90 Å². The number of nitrogens with zero attached hydrogens (tertiary/aromatic N) is 3. The second kappa shape index (κ2) is 5.09. The second-order valence-corrected chi connectivity index (χ2v) is 4.52. The Balaban J connectivity index is 2.16. The second-order valence-electron chi connectivity index (χ2n) is 4.52. The van der Waals surface area contributed by atoms with Crippen molar-refractivity contribution in [2.45, 2.75) is 20.4 Å². The van der Waals surface area contributed by atoms with Crippen molar-refractivity contribution in [3.63, 3.8) is 0 Å². The van der Waals surface area contributed by atoms with Crippen LogP contribution in [0.4, 0.5) is 0 Å². The van der Waals surface area contributed by atoms with Crippen LogP contribution in [0.2, 0.25) is 0 Å². The number of H-pyrrole nitrogens is 1. The number of phenols is 1. The lowest BCUT2D eigenvalue weighted by atomic mass is 10.1. The fourth-order valence-electron chi connectivity index (χ4n) is 1.77. The van der Waals surface area contributed by atoms with Gasteiger partial charge in [-0.1, -0.05) is 11.6 Å². The fraction of sp³-hybridized carbons (Fsp3) is 0.308. The number of amides is 1. The van der Waals surface area contributed by atoms with Gasteiger partial charge in [-0.3, -0.25) is 9.89 Å². The van der Waals surface area contributed by atoms with Crippen LogP contribution in [0.1, 0.15) is 27.6 Å². The molecule has 100 valence electrons. The van der Waals surface area contributed by atoms with Crippen molar-refractivity contribution in [3.05, 3.63) is 41.0 Å². The summed E-state index contributed by atoms with van der Waals surface area (Å²) in [5, 5.41) is 16.4. The van der Waals surface area contributed by atoms with Crippen LogP contribution in [0.5, 0.6) is 5.75 Å². The molecule has 0 aliphatic heterocycles. The van der Waals surface area contributed by atoms with Crippen LogP contribution in [0, 0.1) is 13.8 Å². The SMILES string of the molecule is Cc1ccc(O)c(C(=O)N(C)Cc2n[nH]c(C)n2)c1. The molecule has 0 spiro atoms. The highest BCUT2D eigenvalue weighted by Gasteiger charge is 2.17. The minimum absolute atomic E-state index is 0.0198. The van der Waals surface area contributed by atoms with E-state index in [4.69, 9.17) is 0 Å². The monoisotopic (exact) mass is 260 g/mol. The van der Waals surface area contributed by atoms with Crippen molar-refractivity contribution in [1.82, 2.24) is 20.1 Å². The summed E-state index contributed by atoms with van der Waals surface area (Å²) in [6, 6.07) is 4.94. The van der Waals surface area contributed by atoms with Gasteiger partial charge in [-0.05, 0) is 26.0 Å². The Morgan fingerprint density at radius 1 is 1.42 bits per heavy atom. The van der Waals surface area contributed by atoms with E-state index in [0.717, 1.165) is 5.56 Å². The fourth-order valence-corrected chi connectivity index (χ4v) is 1.77. The summed E-state index contributed by atoms with van der Waals surface area (Å²) < 4.78 is 0. The first-order chi connectivity index (χ1) is 8.97. The van der Waals surface area contributed by atoms with Gasteiger partial charge in [0.2, 0.25) is 0 Å². The number of aromatic nitrogens is 3. The number of hydrogen-bond donors (Lipinski definition) is 2. The van der Waals surface area contributed by atoms with Gasteiger partial charge >= 0.3 is 0 Å². The average molecular weight is 260 g/mol. The summed E-state index contributed by atoms with van der Waals surface area (Å²) in [5.74, 6) is 0.965. The van der Waals surface area contributed by atoms with Gasteiger partial charge in [-0.2, -0.15) is 5.10 Å². The Hall–Kier alpha value is -2.37. The molecule has 1 aromatic carbocycles. The van der Waals surface area contributed by atoms with Crippen molar-refractivity contribution in [3.8, 4) is 5.75 Å². The molecule has 2 rings (SSSR count). The lowest BCUT2D eigenvalue weighted by Crippen LogP contribution is -2.26. The van der Waals surface area contributed by atoms with Gasteiger partial charge in [0, 0.05) is 7.05 Å². The number of nitrogens with one attached hydrogen (secondary N) is 1. The van der Waals surface area contributed by atoms with Crippen LogP contribution in [0.3, 0.4) is 0 Å². The molecule has 0 bridgehead atoms. The molecule has 0 fully saturated rings. The summed E-state index contributed by atoms with van der Waals surface area (Å²) in [6.45, 7) is 3.95. The summed E-state index contributed by atoms with van der Waals surface area (Å²) >= 11 is 0. The summed E-state index contributed by atoms with van der Waals surface area (Å²) in [6.07, 6.45) is 0. The smallest absolute Gasteiger partial charge is 0.257 e. The maximum absolute atomic E-state index is 12.2. The first-order valence-corrected chi connectivity index (χ1v) is 5.90. The van der Waals surface area contributed by atoms with Gasteiger partial charge in [0.15, 0.2) is 5.82 Å². The average Bonchev–Trinajstić information content (AvgIpc) is 2.77. The number of rotatable bonds is 3. The zero-order valence-electron chi connectivity index (χ0n) is 11.1. The maximum atomic E-state index is 12.2. The third-order valence-corrected chi connectivity index (χ3v) is 2.75. The molecule has 0 radical (unpaired) electrons. The number of carbonyl (C=O) groups is 1. The van der Waals surface area contributed by atoms with Gasteiger partial charge in [0.1, 0.15) is 11.6 Å². The van der Waals surface area contributed by atoms with E-state index in [1.807, 2.05) is 6.92 Å². The van der Waals surface area contributed by atoms with E-state index >= 15 is 0 Å². The molecule has 1 heterocycles. The van der Waals surface area contributed by atoms with E-state index in [2.05, 4.69) is 15.2 Å². The van der Waals surface area contributed by atoms with Gasteiger partial charge in [0.25, 0.3) is 5.91 Å². The number of carbonyl (C=O) groups excluding carboxylic acids is 1. The Labute approximate surface area is 111 Å². The Bertz CT molecular complexity index is 606. The zero-order chi connectivity index (χ0) is 14.0. The van der Waals surface area contributed by atoms with E-state index in [1.54, 1.807) is 26.1 Å². The van der Waals surface area contributed by atoms with E-state index in [0.29, 0.717) is 11.6 Å². The molecule has 19 heavy (non-hydrogen) atoms. The zero-order valence-corrected chi connectivity index (χ0v) is 11.1. The molecule has 2 aromatic rings. The summed E-state index contributed by atoms with van der Waals surface area (Å²) in [4.78, 5) is 17.8. The molecule has 0 saturated carbocycles. The van der Waals surface area contributed by atoms with E-state index in [-0.39, 0.29) is 23.8 Å². The number of aromatic hydroxyl groups is 1. The van der Waals surface area contributed by atoms with E-state index in [1.165, 1.54) is 11.0 Å². The highest BCUT2D eigenvalue weighted by atomic mass is 16.3. The lowest BCUT2D eigenvalue weighted by molar-refractivity contribution is 0.0778. The van der Waals surface area contributed by atoms with Gasteiger partial charge in [-0.15, -0.1) is 0 Å². The molecule has 1 aromatic heterocycles. The van der Waals surface area contributed by atoms with Crippen molar-refractivity contribution in [2.24, 2.45) is 0 Å². The highest BCUT2D eigenvalue weighted by Crippen LogP contribution is 2.20. The molecular formula is C13H16N4O2. The molecule has 6 heteroatoms. The Morgan fingerprint density at radius 2 is 2.16 bits per heavy atom. The standard InChI is InChI=1S/C13H16N4O2/c1-8-4-5-11(18)10(6-8)13(19)17(3)7-12-14-9(2)15-16-12/h4-6,18H,7H2,1-3H3,(H,14,15,16). The van der Waals surface area contributed by atoms with Crippen LogP contribution in [0.15, 0.2) is 18.2 Å². The normalized spacial score (nSPS) is 10.5. The molecule has 0 unspecified atom stereocenters. The minimum atomic E-state index is -0.261.